The molecule has 16 heavy (non-hydrogen) atoms. The molecule has 0 unspecified atom stereocenters. The SMILES string of the molecule is Cc1ccc(C)c(/C(O)=C/C(=O)C(=O)O)c1. The van der Waals surface area contributed by atoms with E-state index in [9.17, 15) is 14.7 Å². The van der Waals surface area contributed by atoms with Crippen molar-refractivity contribution in [2.24, 2.45) is 0 Å². The Bertz CT molecular complexity index is 472. The number of ketones is 1. The lowest BCUT2D eigenvalue weighted by atomic mass is 10.0. The molecule has 84 valence electrons. The van der Waals surface area contributed by atoms with E-state index in [0.717, 1.165) is 11.1 Å². The summed E-state index contributed by atoms with van der Waals surface area (Å²) >= 11 is 0. The molecule has 0 spiro atoms. The van der Waals surface area contributed by atoms with Gasteiger partial charge in [0.15, 0.2) is 0 Å². The molecule has 0 aliphatic rings. The van der Waals surface area contributed by atoms with Gasteiger partial charge in [0, 0.05) is 11.6 Å². The molecule has 4 heteroatoms. The first-order valence-corrected chi connectivity index (χ1v) is 4.67. The maximum Gasteiger partial charge on any atom is 0.376 e. The largest absolute Gasteiger partial charge is 0.507 e. The lowest BCUT2D eigenvalue weighted by molar-refractivity contribution is -0.146. The average molecular weight is 220 g/mol. The van der Waals surface area contributed by atoms with E-state index in [1.54, 1.807) is 19.1 Å². The summed E-state index contributed by atoms with van der Waals surface area (Å²) < 4.78 is 0. The molecule has 0 atom stereocenters. The zero-order valence-electron chi connectivity index (χ0n) is 9.02. The van der Waals surface area contributed by atoms with Crippen LogP contribution in [0, 0.1) is 13.8 Å². The highest BCUT2D eigenvalue weighted by atomic mass is 16.4. The van der Waals surface area contributed by atoms with Gasteiger partial charge < -0.3 is 10.2 Å². The molecule has 0 radical (unpaired) electrons. The molecule has 1 rings (SSSR count). The normalized spacial score (nSPS) is 11.2. The van der Waals surface area contributed by atoms with Crippen LogP contribution in [0.3, 0.4) is 0 Å². The van der Waals surface area contributed by atoms with Gasteiger partial charge in [0.1, 0.15) is 5.76 Å². The standard InChI is InChI=1S/C12H12O4/c1-7-3-4-8(2)9(5-7)10(13)6-11(14)12(15)16/h3-6,13H,1-2H3,(H,15,16)/b10-6-. The van der Waals surface area contributed by atoms with Crippen LogP contribution in [-0.4, -0.2) is 22.0 Å². The predicted octanol–water partition coefficient (Wildman–Crippen LogP) is 1.86. The van der Waals surface area contributed by atoms with Crippen LogP contribution in [0.5, 0.6) is 0 Å². The number of aliphatic hydroxyl groups excluding tert-OH is 1. The van der Waals surface area contributed by atoms with Gasteiger partial charge in [0.25, 0.3) is 5.78 Å². The van der Waals surface area contributed by atoms with Gasteiger partial charge in [-0.15, -0.1) is 0 Å². The molecular formula is C12H12O4. The molecule has 0 bridgehead atoms. The lowest BCUT2D eigenvalue weighted by Gasteiger charge is -2.05. The summed E-state index contributed by atoms with van der Waals surface area (Å²) in [6.07, 6.45) is 0.712. The van der Waals surface area contributed by atoms with Crippen LogP contribution in [0.15, 0.2) is 24.3 Å². The maximum absolute atomic E-state index is 10.9. The highest BCUT2D eigenvalue weighted by Gasteiger charge is 2.11. The quantitative estimate of drug-likeness (QED) is 0.463. The Kier molecular flexibility index (Phi) is 3.45. The van der Waals surface area contributed by atoms with Gasteiger partial charge in [-0.3, -0.25) is 4.79 Å². The summed E-state index contributed by atoms with van der Waals surface area (Å²) in [5.74, 6) is -3.05. The van der Waals surface area contributed by atoms with Crippen molar-refractivity contribution in [3.63, 3.8) is 0 Å². The van der Waals surface area contributed by atoms with Crippen LogP contribution in [-0.2, 0) is 9.59 Å². The van der Waals surface area contributed by atoms with E-state index in [0.29, 0.717) is 11.6 Å². The summed E-state index contributed by atoms with van der Waals surface area (Å²) in [6.45, 7) is 3.61. The number of aryl methyl sites for hydroxylation is 2. The van der Waals surface area contributed by atoms with Crippen molar-refractivity contribution < 1.29 is 19.8 Å². The van der Waals surface area contributed by atoms with E-state index < -0.39 is 11.8 Å². The third-order valence-electron chi connectivity index (χ3n) is 2.15. The summed E-state index contributed by atoms with van der Waals surface area (Å²) in [7, 11) is 0. The summed E-state index contributed by atoms with van der Waals surface area (Å²) in [5, 5.41) is 18.0. The number of hydrogen-bond acceptors (Lipinski definition) is 3. The predicted molar refractivity (Wildman–Crippen MR) is 59.2 cm³/mol. The van der Waals surface area contributed by atoms with E-state index in [-0.39, 0.29) is 5.76 Å². The van der Waals surface area contributed by atoms with Crippen LogP contribution < -0.4 is 0 Å². The topological polar surface area (TPSA) is 74.6 Å². The molecule has 2 N–H and O–H groups in total. The zero-order chi connectivity index (χ0) is 12.3. The van der Waals surface area contributed by atoms with Gasteiger partial charge >= 0.3 is 5.97 Å². The molecule has 0 aliphatic heterocycles. The van der Waals surface area contributed by atoms with Crippen molar-refractivity contribution >= 4 is 17.5 Å². The van der Waals surface area contributed by atoms with E-state index in [1.807, 2.05) is 13.0 Å². The van der Waals surface area contributed by atoms with Gasteiger partial charge in [0.2, 0.25) is 0 Å². The minimum Gasteiger partial charge on any atom is -0.507 e. The molecule has 0 heterocycles. The van der Waals surface area contributed by atoms with Crippen molar-refractivity contribution in [1.82, 2.24) is 0 Å². The third kappa shape index (κ3) is 2.70. The van der Waals surface area contributed by atoms with E-state index in [4.69, 9.17) is 5.11 Å². The van der Waals surface area contributed by atoms with Crippen LogP contribution in [0.4, 0.5) is 0 Å². The molecule has 1 aromatic rings. The number of carbonyl (C=O) groups excluding carboxylic acids is 1. The number of aliphatic carboxylic acids is 1. The van der Waals surface area contributed by atoms with E-state index in [1.165, 1.54) is 0 Å². The van der Waals surface area contributed by atoms with Crippen LogP contribution in [0.2, 0.25) is 0 Å². The molecule has 0 aliphatic carbocycles. The van der Waals surface area contributed by atoms with Gasteiger partial charge in [0.05, 0.1) is 0 Å². The van der Waals surface area contributed by atoms with E-state index in [2.05, 4.69) is 0 Å². The lowest BCUT2D eigenvalue weighted by Crippen LogP contribution is -2.09. The molecule has 0 fully saturated rings. The number of hydrogen-bond donors (Lipinski definition) is 2. The Hall–Kier alpha value is -2.10. The molecule has 0 amide bonds. The van der Waals surface area contributed by atoms with Gasteiger partial charge in [-0.1, -0.05) is 17.7 Å². The Morgan fingerprint density at radius 3 is 2.38 bits per heavy atom. The summed E-state index contributed by atoms with van der Waals surface area (Å²) in [4.78, 5) is 21.2. The van der Waals surface area contributed by atoms with Crippen LogP contribution in [0.1, 0.15) is 16.7 Å². The zero-order valence-corrected chi connectivity index (χ0v) is 9.02. The van der Waals surface area contributed by atoms with Crippen molar-refractivity contribution in [1.29, 1.82) is 0 Å². The van der Waals surface area contributed by atoms with Gasteiger partial charge in [-0.2, -0.15) is 0 Å². The monoisotopic (exact) mass is 220 g/mol. The number of carboxylic acids is 1. The maximum atomic E-state index is 10.9. The fraction of sp³-hybridized carbons (Fsp3) is 0.167. The summed E-state index contributed by atoms with van der Waals surface area (Å²) in [5.41, 5.74) is 2.16. The second kappa shape index (κ2) is 4.61. The first-order valence-electron chi connectivity index (χ1n) is 4.67. The second-order valence-corrected chi connectivity index (χ2v) is 3.52. The van der Waals surface area contributed by atoms with Gasteiger partial charge in [-0.25, -0.2) is 4.79 Å². The fourth-order valence-corrected chi connectivity index (χ4v) is 1.28. The average Bonchev–Trinajstić information content (AvgIpc) is 2.21. The van der Waals surface area contributed by atoms with Crippen molar-refractivity contribution in [3.05, 3.63) is 41.0 Å². The van der Waals surface area contributed by atoms with Crippen molar-refractivity contribution in [3.8, 4) is 0 Å². The Morgan fingerprint density at radius 1 is 1.19 bits per heavy atom. The van der Waals surface area contributed by atoms with Crippen molar-refractivity contribution in [2.75, 3.05) is 0 Å². The Balaban J connectivity index is 3.14. The highest BCUT2D eigenvalue weighted by molar-refractivity contribution is 6.38. The molecule has 1 aromatic carbocycles. The van der Waals surface area contributed by atoms with Gasteiger partial charge in [-0.05, 0) is 25.5 Å². The minimum absolute atomic E-state index is 0.325. The number of carbonyl (C=O) groups is 2. The van der Waals surface area contributed by atoms with Crippen molar-refractivity contribution in [2.45, 2.75) is 13.8 Å². The highest BCUT2D eigenvalue weighted by Crippen LogP contribution is 2.18. The number of rotatable bonds is 3. The Labute approximate surface area is 92.8 Å². The molecule has 0 saturated carbocycles. The molecule has 0 aromatic heterocycles. The fourth-order valence-electron chi connectivity index (χ4n) is 1.28. The van der Waals surface area contributed by atoms with Crippen LogP contribution in [0.25, 0.3) is 5.76 Å². The second-order valence-electron chi connectivity index (χ2n) is 3.52. The first-order chi connectivity index (χ1) is 7.41. The summed E-state index contributed by atoms with van der Waals surface area (Å²) in [6, 6.07) is 5.35. The minimum atomic E-state index is -1.59. The number of benzene rings is 1. The molecule has 4 nitrogen and oxygen atoms in total. The number of carboxylic acid groups (broad SMARTS) is 1. The first kappa shape index (κ1) is 12.0. The van der Waals surface area contributed by atoms with Crippen LogP contribution >= 0.6 is 0 Å². The number of aliphatic hydroxyl groups is 1. The smallest absolute Gasteiger partial charge is 0.376 e. The van der Waals surface area contributed by atoms with E-state index >= 15 is 0 Å². The molecular weight excluding hydrogens is 208 g/mol. The third-order valence-corrected chi connectivity index (χ3v) is 2.15. The Morgan fingerprint density at radius 2 is 1.81 bits per heavy atom. The molecule has 0 saturated heterocycles.